The predicted molar refractivity (Wildman–Crippen MR) is 90.6 cm³/mol. The summed E-state index contributed by atoms with van der Waals surface area (Å²) in [7, 11) is 0. The third-order valence-electron chi connectivity index (χ3n) is 4.59. The average molecular weight is 328 g/mol. The molecule has 0 bridgehead atoms. The standard InChI is InChI=1S/C19H20O5/c1-9-7-13(21)23-18-14(9)17-11(5-6-19(3,4)24-17)16-15(18)12(20)8-10(2)22-16/h5-7,10,12,20H,8H2,1-4H3/t10-,12-/m1/s1. The highest BCUT2D eigenvalue weighted by Gasteiger charge is 2.36. The van der Waals surface area contributed by atoms with Gasteiger partial charge in [0.1, 0.15) is 17.1 Å². The Bertz CT molecular complexity index is 935. The number of ether oxygens (including phenoxy) is 2. The number of rotatable bonds is 0. The molecule has 0 radical (unpaired) electrons. The van der Waals surface area contributed by atoms with Crippen molar-refractivity contribution in [3.8, 4) is 11.5 Å². The average Bonchev–Trinajstić information content (AvgIpc) is 2.44. The fourth-order valence-corrected chi connectivity index (χ4v) is 3.52. The van der Waals surface area contributed by atoms with Crippen molar-refractivity contribution >= 4 is 17.0 Å². The minimum atomic E-state index is -0.746. The van der Waals surface area contributed by atoms with Crippen LogP contribution in [0.5, 0.6) is 11.5 Å². The van der Waals surface area contributed by atoms with Crippen LogP contribution in [0.1, 0.15) is 50.0 Å². The summed E-state index contributed by atoms with van der Waals surface area (Å²) >= 11 is 0. The van der Waals surface area contributed by atoms with Gasteiger partial charge in [-0.1, -0.05) is 0 Å². The molecule has 0 aliphatic carbocycles. The van der Waals surface area contributed by atoms with Crippen LogP contribution in [0.4, 0.5) is 0 Å². The number of hydrogen-bond acceptors (Lipinski definition) is 5. The fourth-order valence-electron chi connectivity index (χ4n) is 3.52. The lowest BCUT2D eigenvalue weighted by Crippen LogP contribution is -2.30. The molecule has 0 amide bonds. The summed E-state index contributed by atoms with van der Waals surface area (Å²) in [4.78, 5) is 11.9. The van der Waals surface area contributed by atoms with Gasteiger partial charge in [-0.2, -0.15) is 0 Å². The van der Waals surface area contributed by atoms with Crippen LogP contribution in [-0.2, 0) is 0 Å². The van der Waals surface area contributed by atoms with Crippen LogP contribution >= 0.6 is 0 Å². The van der Waals surface area contributed by atoms with Crippen LogP contribution in [0, 0.1) is 6.92 Å². The van der Waals surface area contributed by atoms with Gasteiger partial charge in [0.15, 0.2) is 5.58 Å². The van der Waals surface area contributed by atoms with Gasteiger partial charge in [0.05, 0.1) is 28.7 Å². The van der Waals surface area contributed by atoms with E-state index in [1.165, 1.54) is 6.07 Å². The number of benzene rings is 1. The first-order valence-corrected chi connectivity index (χ1v) is 8.14. The molecule has 0 spiro atoms. The molecule has 5 heteroatoms. The Morgan fingerprint density at radius 1 is 1.29 bits per heavy atom. The molecule has 0 saturated carbocycles. The van der Waals surface area contributed by atoms with E-state index in [-0.39, 0.29) is 6.10 Å². The summed E-state index contributed by atoms with van der Waals surface area (Å²) in [6.07, 6.45) is 3.50. The molecule has 0 saturated heterocycles. The van der Waals surface area contributed by atoms with Crippen LogP contribution in [0.15, 0.2) is 21.4 Å². The summed E-state index contributed by atoms with van der Waals surface area (Å²) in [5.41, 5.74) is 1.53. The zero-order valence-electron chi connectivity index (χ0n) is 14.2. The maximum absolute atomic E-state index is 11.9. The van der Waals surface area contributed by atoms with Gasteiger partial charge in [-0.25, -0.2) is 4.79 Å². The van der Waals surface area contributed by atoms with Gasteiger partial charge in [-0.3, -0.25) is 0 Å². The lowest BCUT2D eigenvalue weighted by molar-refractivity contribution is 0.0741. The number of aryl methyl sites for hydroxylation is 1. The Morgan fingerprint density at radius 2 is 2.04 bits per heavy atom. The van der Waals surface area contributed by atoms with Gasteiger partial charge in [0, 0.05) is 12.5 Å². The second-order valence-corrected chi connectivity index (χ2v) is 7.16. The zero-order valence-corrected chi connectivity index (χ0v) is 14.2. The maximum Gasteiger partial charge on any atom is 0.336 e. The van der Waals surface area contributed by atoms with E-state index in [1.54, 1.807) is 0 Å². The van der Waals surface area contributed by atoms with E-state index in [0.717, 1.165) is 16.5 Å². The first-order valence-electron chi connectivity index (χ1n) is 8.14. The van der Waals surface area contributed by atoms with Crippen LogP contribution in [-0.4, -0.2) is 16.8 Å². The maximum atomic E-state index is 11.9. The molecule has 2 aliphatic rings. The zero-order chi connectivity index (χ0) is 17.2. The quantitative estimate of drug-likeness (QED) is 0.750. The molecule has 4 rings (SSSR count). The monoisotopic (exact) mass is 328 g/mol. The molecule has 1 aromatic heterocycles. The Kier molecular flexibility index (Phi) is 3.09. The summed E-state index contributed by atoms with van der Waals surface area (Å²) < 4.78 is 17.7. The van der Waals surface area contributed by atoms with Crippen LogP contribution in [0.25, 0.3) is 17.0 Å². The third kappa shape index (κ3) is 2.15. The highest BCUT2D eigenvalue weighted by atomic mass is 16.5. The molecule has 24 heavy (non-hydrogen) atoms. The molecule has 1 aromatic carbocycles. The molecular weight excluding hydrogens is 308 g/mol. The summed E-state index contributed by atoms with van der Waals surface area (Å²) in [5, 5.41) is 11.3. The van der Waals surface area contributed by atoms with Gasteiger partial charge in [0.2, 0.25) is 0 Å². The molecule has 3 heterocycles. The molecule has 0 fully saturated rings. The first kappa shape index (κ1) is 15.3. The molecule has 1 N–H and O–H groups in total. The molecule has 2 aromatic rings. The normalized spacial score (nSPS) is 24.0. The SMILES string of the molecule is Cc1cc(=O)oc2c3c(c4c(c12)OC(C)(C)C=C4)O[C@H](C)C[C@H]3O. The molecule has 2 aliphatic heterocycles. The topological polar surface area (TPSA) is 68.9 Å². The number of fused-ring (bicyclic) bond motifs is 6. The van der Waals surface area contributed by atoms with Crippen LogP contribution in [0.3, 0.4) is 0 Å². The smallest absolute Gasteiger partial charge is 0.336 e. The van der Waals surface area contributed by atoms with Gasteiger partial charge < -0.3 is 19.0 Å². The second-order valence-electron chi connectivity index (χ2n) is 7.16. The highest BCUT2D eigenvalue weighted by Crippen LogP contribution is 2.50. The van der Waals surface area contributed by atoms with Crippen molar-refractivity contribution in [2.24, 2.45) is 0 Å². The van der Waals surface area contributed by atoms with Crippen molar-refractivity contribution in [2.45, 2.75) is 51.9 Å². The molecule has 126 valence electrons. The lowest BCUT2D eigenvalue weighted by Gasteiger charge is -2.34. The van der Waals surface area contributed by atoms with E-state index in [4.69, 9.17) is 13.9 Å². The van der Waals surface area contributed by atoms with E-state index in [9.17, 15) is 9.90 Å². The minimum absolute atomic E-state index is 0.131. The fraction of sp³-hybridized carbons (Fsp3) is 0.421. The Morgan fingerprint density at radius 3 is 2.79 bits per heavy atom. The van der Waals surface area contributed by atoms with Gasteiger partial charge in [0.25, 0.3) is 0 Å². The summed E-state index contributed by atoms with van der Waals surface area (Å²) in [6, 6.07) is 1.45. The number of hydrogen-bond donors (Lipinski definition) is 1. The van der Waals surface area contributed by atoms with E-state index in [0.29, 0.717) is 29.1 Å². The summed E-state index contributed by atoms with van der Waals surface area (Å²) in [6.45, 7) is 7.68. The number of aliphatic hydroxyl groups is 1. The molecule has 5 nitrogen and oxygen atoms in total. The van der Waals surface area contributed by atoms with Crippen molar-refractivity contribution in [2.75, 3.05) is 0 Å². The van der Waals surface area contributed by atoms with Crippen molar-refractivity contribution in [1.29, 1.82) is 0 Å². The highest BCUT2D eigenvalue weighted by molar-refractivity contribution is 5.96. The van der Waals surface area contributed by atoms with Crippen LogP contribution in [0.2, 0.25) is 0 Å². The van der Waals surface area contributed by atoms with E-state index in [2.05, 4.69) is 0 Å². The number of aliphatic hydroxyl groups excluding tert-OH is 1. The van der Waals surface area contributed by atoms with Gasteiger partial charge >= 0.3 is 5.63 Å². The minimum Gasteiger partial charge on any atom is -0.489 e. The summed E-state index contributed by atoms with van der Waals surface area (Å²) in [5.74, 6) is 1.18. The van der Waals surface area contributed by atoms with E-state index >= 15 is 0 Å². The van der Waals surface area contributed by atoms with Crippen molar-refractivity contribution < 1.29 is 19.0 Å². The van der Waals surface area contributed by atoms with Crippen molar-refractivity contribution in [3.63, 3.8) is 0 Å². The molecular formula is C19H20O5. The Hall–Kier alpha value is -2.27. The molecule has 2 atom stereocenters. The van der Waals surface area contributed by atoms with E-state index in [1.807, 2.05) is 39.8 Å². The largest absolute Gasteiger partial charge is 0.489 e. The third-order valence-corrected chi connectivity index (χ3v) is 4.59. The molecule has 0 unspecified atom stereocenters. The van der Waals surface area contributed by atoms with Crippen molar-refractivity contribution in [3.05, 3.63) is 39.3 Å². The second kappa shape index (κ2) is 4.86. The van der Waals surface area contributed by atoms with Gasteiger partial charge in [-0.15, -0.1) is 0 Å². The van der Waals surface area contributed by atoms with Gasteiger partial charge in [-0.05, 0) is 45.4 Å². The lowest BCUT2D eigenvalue weighted by atomic mass is 9.90. The first-order chi connectivity index (χ1) is 11.3. The Balaban J connectivity index is 2.18. The predicted octanol–water partition coefficient (Wildman–Crippen LogP) is 3.49. The van der Waals surface area contributed by atoms with Crippen LogP contribution < -0.4 is 15.1 Å². The van der Waals surface area contributed by atoms with E-state index < -0.39 is 17.3 Å². The van der Waals surface area contributed by atoms with Crippen molar-refractivity contribution in [1.82, 2.24) is 0 Å². The Labute approximate surface area is 139 Å².